The molecule has 0 radical (unpaired) electrons. The fraction of sp³-hybridized carbons (Fsp3) is 0.303. The van der Waals surface area contributed by atoms with Crippen molar-refractivity contribution in [3.05, 3.63) is 102 Å². The molecule has 39 heavy (non-hydrogen) atoms. The van der Waals surface area contributed by atoms with E-state index >= 15 is 0 Å². The number of nitrogens with one attached hydrogen (secondary N) is 1. The molecule has 196 valence electrons. The molecule has 0 spiro atoms. The molecule has 1 aliphatic heterocycles. The van der Waals surface area contributed by atoms with E-state index in [0.29, 0.717) is 23.3 Å². The smallest absolute Gasteiger partial charge is 0.248 e. The quantitative estimate of drug-likeness (QED) is 0.336. The lowest BCUT2D eigenvalue weighted by Gasteiger charge is -2.37. The first-order chi connectivity index (χ1) is 19.0. The fourth-order valence-corrected chi connectivity index (χ4v) is 7.00. The van der Waals surface area contributed by atoms with Crippen molar-refractivity contribution < 1.29 is 19.1 Å². The van der Waals surface area contributed by atoms with Gasteiger partial charge in [0.2, 0.25) is 17.7 Å². The molecular weight excluding hydrogens is 488 g/mol. The number of anilines is 1. The van der Waals surface area contributed by atoms with Gasteiger partial charge in [0.25, 0.3) is 0 Å². The summed E-state index contributed by atoms with van der Waals surface area (Å²) in [5.74, 6) is 1.24. The normalized spacial score (nSPS) is 28.6. The van der Waals surface area contributed by atoms with Gasteiger partial charge in [-0.1, -0.05) is 60.2 Å². The van der Waals surface area contributed by atoms with Gasteiger partial charge in [-0.2, -0.15) is 0 Å². The Balaban J connectivity index is 1.12. The molecule has 0 unspecified atom stereocenters. The topological polar surface area (TPSA) is 75.7 Å². The number of carbonyl (C=O) groups excluding carboxylic acids is 3. The van der Waals surface area contributed by atoms with Crippen LogP contribution in [0.1, 0.15) is 17.5 Å². The van der Waals surface area contributed by atoms with E-state index in [9.17, 15) is 14.4 Å². The number of allylic oxidation sites excluding steroid dienone is 2. The number of ether oxygens (including phenoxy) is 1. The monoisotopic (exact) mass is 518 g/mol. The first-order valence-electron chi connectivity index (χ1n) is 13.7. The second-order valence-electron chi connectivity index (χ2n) is 11.3. The number of amides is 3. The van der Waals surface area contributed by atoms with Crippen molar-refractivity contribution in [1.29, 1.82) is 0 Å². The highest BCUT2D eigenvalue weighted by Gasteiger charge is 2.67. The minimum Gasteiger partial charge on any atom is -0.457 e. The molecule has 6 nitrogen and oxygen atoms in total. The van der Waals surface area contributed by atoms with Crippen LogP contribution in [0.3, 0.4) is 0 Å². The Hall–Kier alpha value is -4.19. The van der Waals surface area contributed by atoms with E-state index in [1.807, 2.05) is 61.5 Å². The molecule has 4 aliphatic carbocycles. The Morgan fingerprint density at radius 2 is 1.41 bits per heavy atom. The van der Waals surface area contributed by atoms with Crippen LogP contribution < -0.4 is 10.1 Å². The van der Waals surface area contributed by atoms with Crippen molar-refractivity contribution in [3.8, 4) is 11.5 Å². The van der Waals surface area contributed by atoms with E-state index in [-0.39, 0.29) is 47.8 Å². The van der Waals surface area contributed by atoms with Gasteiger partial charge < -0.3 is 10.1 Å². The predicted octanol–water partition coefficient (Wildman–Crippen LogP) is 5.39. The molecule has 3 aromatic rings. The first kappa shape index (κ1) is 23.9. The maximum atomic E-state index is 13.8. The second kappa shape index (κ2) is 9.23. The second-order valence-corrected chi connectivity index (χ2v) is 11.3. The van der Waals surface area contributed by atoms with Crippen molar-refractivity contribution in [2.45, 2.75) is 25.8 Å². The molecule has 2 saturated carbocycles. The number of benzene rings is 3. The van der Waals surface area contributed by atoms with Crippen LogP contribution in [-0.2, 0) is 20.8 Å². The SMILES string of the molecule is Cc1ccc(Oc2ccc(NC(=O)[C@H](Cc3ccccc3)N3C(=O)[C@H]4[C@@H]5C=C[C@H]([C@H]6C[C@H]56)[C@@H]4C3=O)cc2)cc1. The number of hydrogen-bond acceptors (Lipinski definition) is 4. The lowest BCUT2D eigenvalue weighted by atomic mass is 9.63. The average Bonchev–Trinajstić information content (AvgIpc) is 3.73. The maximum Gasteiger partial charge on any atom is 0.248 e. The summed E-state index contributed by atoms with van der Waals surface area (Å²) in [5.41, 5.74) is 2.63. The van der Waals surface area contributed by atoms with Gasteiger partial charge in [0.1, 0.15) is 17.5 Å². The van der Waals surface area contributed by atoms with Crippen molar-refractivity contribution >= 4 is 23.4 Å². The predicted molar refractivity (Wildman–Crippen MR) is 147 cm³/mol. The zero-order valence-corrected chi connectivity index (χ0v) is 21.7. The van der Waals surface area contributed by atoms with Gasteiger partial charge in [-0.05, 0) is 79.0 Å². The van der Waals surface area contributed by atoms with Crippen LogP contribution in [0.25, 0.3) is 0 Å². The minimum atomic E-state index is -0.919. The summed E-state index contributed by atoms with van der Waals surface area (Å²) in [6.45, 7) is 2.02. The number of nitrogens with zero attached hydrogens (tertiary/aromatic N) is 1. The number of likely N-dealkylation sites (tertiary alicyclic amines) is 1. The molecule has 2 bridgehead atoms. The lowest BCUT2D eigenvalue weighted by molar-refractivity contribution is -0.146. The van der Waals surface area contributed by atoms with Crippen LogP contribution >= 0.6 is 0 Å². The molecule has 6 heteroatoms. The molecule has 3 amide bonds. The summed E-state index contributed by atoms with van der Waals surface area (Å²) in [6, 6.07) is 23.6. The van der Waals surface area contributed by atoms with Crippen LogP contribution in [0.2, 0.25) is 0 Å². The van der Waals surface area contributed by atoms with Gasteiger partial charge in [0, 0.05) is 12.1 Å². The molecule has 1 N–H and O–H groups in total. The summed E-state index contributed by atoms with van der Waals surface area (Å²) in [5, 5.41) is 2.96. The number of rotatable bonds is 7. The molecule has 8 rings (SSSR count). The minimum absolute atomic E-state index is 0.118. The highest BCUT2D eigenvalue weighted by molar-refractivity contribution is 6.10. The summed E-state index contributed by atoms with van der Waals surface area (Å²) < 4.78 is 5.91. The van der Waals surface area contributed by atoms with E-state index in [4.69, 9.17) is 4.74 Å². The fourth-order valence-electron chi connectivity index (χ4n) is 7.00. The molecule has 1 saturated heterocycles. The standard InChI is InChI=1S/C33H30N2O4/c1-19-7-11-22(12-8-19)39-23-13-9-21(10-14-23)34-31(36)28(17-20-5-3-2-4-6-20)35-32(37)29-24-15-16-25(27-18-26(24)27)30(29)33(35)38/h2-16,24-30H,17-18H2,1H3,(H,34,36)/t24-,25-,26-,27-,28+,29+,30+/m1/s1. The van der Waals surface area contributed by atoms with Gasteiger partial charge in [0.15, 0.2) is 0 Å². The molecule has 5 aliphatic rings. The lowest BCUT2D eigenvalue weighted by Crippen LogP contribution is -2.49. The summed E-state index contributed by atoms with van der Waals surface area (Å²) in [4.78, 5) is 42.7. The highest BCUT2D eigenvalue weighted by Crippen LogP contribution is 2.65. The Kier molecular flexibility index (Phi) is 5.65. The summed E-state index contributed by atoms with van der Waals surface area (Å²) >= 11 is 0. The number of aryl methyl sites for hydroxylation is 1. The third-order valence-electron chi connectivity index (χ3n) is 8.96. The Morgan fingerprint density at radius 1 is 0.846 bits per heavy atom. The maximum absolute atomic E-state index is 13.8. The molecule has 3 aromatic carbocycles. The van der Waals surface area contributed by atoms with Crippen LogP contribution in [-0.4, -0.2) is 28.7 Å². The van der Waals surface area contributed by atoms with Gasteiger partial charge in [-0.15, -0.1) is 0 Å². The van der Waals surface area contributed by atoms with Crippen molar-refractivity contribution in [1.82, 2.24) is 4.90 Å². The summed E-state index contributed by atoms with van der Waals surface area (Å²) in [6.07, 6.45) is 5.68. The van der Waals surface area contributed by atoms with E-state index in [1.54, 1.807) is 24.3 Å². The van der Waals surface area contributed by atoms with E-state index in [1.165, 1.54) is 4.90 Å². The third kappa shape index (κ3) is 4.15. The van der Waals surface area contributed by atoms with Crippen LogP contribution in [0.15, 0.2) is 91.0 Å². The molecule has 7 atom stereocenters. The molecule has 1 heterocycles. The Labute approximate surface area is 227 Å². The number of carbonyl (C=O) groups is 3. The first-order valence-corrected chi connectivity index (χ1v) is 13.7. The molecular formula is C33H30N2O4. The van der Waals surface area contributed by atoms with Crippen molar-refractivity contribution in [3.63, 3.8) is 0 Å². The van der Waals surface area contributed by atoms with Gasteiger partial charge >= 0.3 is 0 Å². The van der Waals surface area contributed by atoms with E-state index in [2.05, 4.69) is 17.5 Å². The van der Waals surface area contributed by atoms with E-state index < -0.39 is 6.04 Å². The Morgan fingerprint density at radius 3 is 2.00 bits per heavy atom. The number of hydrogen-bond donors (Lipinski definition) is 1. The Bertz CT molecular complexity index is 1430. The van der Waals surface area contributed by atoms with Gasteiger partial charge in [-0.3, -0.25) is 19.3 Å². The van der Waals surface area contributed by atoms with Gasteiger partial charge in [0.05, 0.1) is 11.8 Å². The third-order valence-corrected chi connectivity index (χ3v) is 8.96. The van der Waals surface area contributed by atoms with Gasteiger partial charge in [-0.25, -0.2) is 0 Å². The summed E-state index contributed by atoms with van der Waals surface area (Å²) in [7, 11) is 0. The van der Waals surface area contributed by atoms with Crippen LogP contribution in [0, 0.1) is 42.4 Å². The average molecular weight is 519 g/mol. The zero-order valence-electron chi connectivity index (χ0n) is 21.7. The highest BCUT2D eigenvalue weighted by atomic mass is 16.5. The van der Waals surface area contributed by atoms with E-state index in [0.717, 1.165) is 23.3 Å². The number of imide groups is 1. The zero-order chi connectivity index (χ0) is 26.7. The molecule has 0 aromatic heterocycles. The van der Waals surface area contributed by atoms with Crippen LogP contribution in [0.4, 0.5) is 5.69 Å². The van der Waals surface area contributed by atoms with Crippen molar-refractivity contribution in [2.24, 2.45) is 35.5 Å². The largest absolute Gasteiger partial charge is 0.457 e. The van der Waals surface area contributed by atoms with Crippen LogP contribution in [0.5, 0.6) is 11.5 Å². The molecule has 3 fully saturated rings. The van der Waals surface area contributed by atoms with Crippen molar-refractivity contribution in [2.75, 3.05) is 5.32 Å².